The summed E-state index contributed by atoms with van der Waals surface area (Å²) in [7, 11) is 0. The standard InChI is InChI=1S/C15H11NO3S/c1-9-6-12(14(16-8-9)15(17)19-18)10-2-3-13-11(7-10)4-5-20-13/h2-8,18H,1H3. The monoisotopic (exact) mass is 285 g/mol. The zero-order valence-corrected chi connectivity index (χ0v) is 11.5. The van der Waals surface area contributed by atoms with Gasteiger partial charge in [-0.3, -0.25) is 4.89 Å². The molecule has 3 rings (SSSR count). The lowest BCUT2D eigenvalue weighted by Crippen LogP contribution is -2.07. The van der Waals surface area contributed by atoms with Gasteiger partial charge in [0.05, 0.1) is 0 Å². The highest BCUT2D eigenvalue weighted by atomic mass is 32.1. The summed E-state index contributed by atoms with van der Waals surface area (Å²) in [4.78, 5) is 19.5. The molecule has 0 radical (unpaired) electrons. The first-order valence-electron chi connectivity index (χ1n) is 5.99. The van der Waals surface area contributed by atoms with Crippen LogP contribution < -0.4 is 0 Å². The van der Waals surface area contributed by atoms with Gasteiger partial charge in [0.25, 0.3) is 0 Å². The molecule has 0 saturated carbocycles. The number of thiophene rings is 1. The average molecular weight is 285 g/mol. The predicted octanol–water partition coefficient (Wildman–Crippen LogP) is 3.90. The van der Waals surface area contributed by atoms with Gasteiger partial charge in [-0.15, -0.1) is 11.3 Å². The van der Waals surface area contributed by atoms with Crippen LogP contribution in [0.5, 0.6) is 0 Å². The zero-order chi connectivity index (χ0) is 14.1. The average Bonchev–Trinajstić information content (AvgIpc) is 2.93. The molecule has 0 aliphatic heterocycles. The maximum Gasteiger partial charge on any atom is 0.391 e. The number of pyridine rings is 1. The number of rotatable bonds is 2. The maximum atomic E-state index is 11.6. The summed E-state index contributed by atoms with van der Waals surface area (Å²) in [5, 5.41) is 11.7. The number of carbonyl (C=O) groups is 1. The molecule has 0 bridgehead atoms. The molecule has 0 unspecified atom stereocenters. The Morgan fingerprint density at radius 3 is 2.95 bits per heavy atom. The van der Waals surface area contributed by atoms with E-state index in [2.05, 4.69) is 9.87 Å². The SMILES string of the molecule is Cc1cnc(C(=O)OO)c(-c2ccc3sccc3c2)c1. The first-order valence-corrected chi connectivity index (χ1v) is 6.87. The van der Waals surface area contributed by atoms with Crippen LogP contribution in [0.3, 0.4) is 0 Å². The van der Waals surface area contributed by atoms with Gasteiger partial charge in [-0.2, -0.15) is 5.26 Å². The van der Waals surface area contributed by atoms with E-state index in [0.29, 0.717) is 5.56 Å². The van der Waals surface area contributed by atoms with Crippen molar-refractivity contribution in [3.05, 3.63) is 53.2 Å². The minimum absolute atomic E-state index is 0.104. The van der Waals surface area contributed by atoms with E-state index in [4.69, 9.17) is 5.26 Å². The number of hydrogen-bond acceptors (Lipinski definition) is 5. The number of nitrogens with zero attached hydrogens (tertiary/aromatic N) is 1. The van der Waals surface area contributed by atoms with Crippen LogP contribution in [0.15, 0.2) is 41.9 Å². The number of fused-ring (bicyclic) bond motifs is 1. The molecule has 0 amide bonds. The molecule has 4 nitrogen and oxygen atoms in total. The number of carbonyl (C=O) groups excluding carboxylic acids is 1. The summed E-state index contributed by atoms with van der Waals surface area (Å²) >= 11 is 1.66. The van der Waals surface area contributed by atoms with Crippen molar-refractivity contribution in [3.8, 4) is 11.1 Å². The smallest absolute Gasteiger partial charge is 0.294 e. The molecular weight excluding hydrogens is 274 g/mol. The highest BCUT2D eigenvalue weighted by Gasteiger charge is 2.16. The van der Waals surface area contributed by atoms with Crippen molar-refractivity contribution in [1.29, 1.82) is 0 Å². The Bertz CT molecular complexity index is 795. The summed E-state index contributed by atoms with van der Waals surface area (Å²) in [6.07, 6.45) is 1.57. The van der Waals surface area contributed by atoms with E-state index in [9.17, 15) is 4.79 Å². The van der Waals surface area contributed by atoms with Crippen LogP contribution in [0.2, 0.25) is 0 Å². The van der Waals surface area contributed by atoms with Crippen molar-refractivity contribution in [1.82, 2.24) is 4.98 Å². The van der Waals surface area contributed by atoms with Crippen molar-refractivity contribution >= 4 is 27.4 Å². The Labute approximate surface area is 119 Å². The lowest BCUT2D eigenvalue weighted by Gasteiger charge is -2.07. The second kappa shape index (κ2) is 5.03. The first-order chi connectivity index (χ1) is 9.69. The Balaban J connectivity index is 2.21. The van der Waals surface area contributed by atoms with Crippen LogP contribution in [-0.2, 0) is 4.89 Å². The molecule has 0 aliphatic carbocycles. The van der Waals surface area contributed by atoms with Crippen LogP contribution in [0.25, 0.3) is 21.2 Å². The van der Waals surface area contributed by atoms with Gasteiger partial charge < -0.3 is 0 Å². The molecule has 0 saturated heterocycles. The van der Waals surface area contributed by atoms with Crippen LogP contribution in [0, 0.1) is 6.92 Å². The van der Waals surface area contributed by atoms with Crippen molar-refractivity contribution < 1.29 is 14.9 Å². The number of aryl methyl sites for hydroxylation is 1. The van der Waals surface area contributed by atoms with Crippen molar-refractivity contribution in [2.75, 3.05) is 0 Å². The summed E-state index contributed by atoms with van der Waals surface area (Å²) in [5.74, 6) is -0.856. The molecule has 1 aromatic carbocycles. The molecule has 100 valence electrons. The summed E-state index contributed by atoms with van der Waals surface area (Å²) in [6.45, 7) is 1.90. The lowest BCUT2D eigenvalue weighted by molar-refractivity contribution is -0.183. The third-order valence-electron chi connectivity index (χ3n) is 3.06. The van der Waals surface area contributed by atoms with Gasteiger partial charge >= 0.3 is 5.97 Å². The highest BCUT2D eigenvalue weighted by Crippen LogP contribution is 2.29. The first kappa shape index (κ1) is 12.8. The minimum atomic E-state index is -0.856. The summed E-state index contributed by atoms with van der Waals surface area (Å²) in [6, 6.07) is 9.81. The second-order valence-electron chi connectivity index (χ2n) is 4.46. The lowest BCUT2D eigenvalue weighted by atomic mass is 10.0. The molecule has 0 fully saturated rings. The van der Waals surface area contributed by atoms with E-state index in [1.165, 1.54) is 4.70 Å². The van der Waals surface area contributed by atoms with Gasteiger partial charge in [0, 0.05) is 16.5 Å². The van der Waals surface area contributed by atoms with E-state index >= 15 is 0 Å². The molecule has 2 heterocycles. The largest absolute Gasteiger partial charge is 0.391 e. The quantitative estimate of drug-likeness (QED) is 0.573. The third kappa shape index (κ3) is 2.17. The van der Waals surface area contributed by atoms with Gasteiger partial charge in [-0.05, 0) is 53.1 Å². The Morgan fingerprint density at radius 1 is 1.30 bits per heavy atom. The van der Waals surface area contributed by atoms with Crippen molar-refractivity contribution in [3.63, 3.8) is 0 Å². The maximum absolute atomic E-state index is 11.6. The van der Waals surface area contributed by atoms with E-state index in [1.54, 1.807) is 17.5 Å². The molecule has 0 atom stereocenters. The third-order valence-corrected chi connectivity index (χ3v) is 3.96. The fourth-order valence-corrected chi connectivity index (χ4v) is 2.90. The van der Waals surface area contributed by atoms with E-state index in [0.717, 1.165) is 16.5 Å². The molecule has 5 heteroatoms. The summed E-state index contributed by atoms with van der Waals surface area (Å²) < 4.78 is 1.18. The summed E-state index contributed by atoms with van der Waals surface area (Å²) in [5.41, 5.74) is 2.55. The molecule has 3 aromatic rings. The van der Waals surface area contributed by atoms with Crippen LogP contribution >= 0.6 is 11.3 Å². The van der Waals surface area contributed by atoms with E-state index in [-0.39, 0.29) is 5.69 Å². The van der Waals surface area contributed by atoms with Crippen LogP contribution in [0.4, 0.5) is 0 Å². The Kier molecular flexibility index (Phi) is 3.22. The topological polar surface area (TPSA) is 59.4 Å². The predicted molar refractivity (Wildman–Crippen MR) is 77.8 cm³/mol. The van der Waals surface area contributed by atoms with Crippen LogP contribution in [0.1, 0.15) is 16.1 Å². The Hall–Kier alpha value is -2.24. The molecule has 20 heavy (non-hydrogen) atoms. The van der Waals surface area contributed by atoms with Crippen LogP contribution in [-0.4, -0.2) is 16.2 Å². The van der Waals surface area contributed by atoms with Gasteiger partial charge in [0.1, 0.15) is 0 Å². The zero-order valence-electron chi connectivity index (χ0n) is 10.7. The van der Waals surface area contributed by atoms with Gasteiger partial charge in [-0.1, -0.05) is 6.07 Å². The fraction of sp³-hybridized carbons (Fsp3) is 0.0667. The minimum Gasteiger partial charge on any atom is -0.294 e. The molecule has 0 spiro atoms. The van der Waals surface area contributed by atoms with E-state index < -0.39 is 5.97 Å². The van der Waals surface area contributed by atoms with Crippen molar-refractivity contribution in [2.45, 2.75) is 6.92 Å². The van der Waals surface area contributed by atoms with Gasteiger partial charge in [0.2, 0.25) is 0 Å². The number of benzene rings is 1. The van der Waals surface area contributed by atoms with Gasteiger partial charge in [0.15, 0.2) is 5.69 Å². The van der Waals surface area contributed by atoms with E-state index in [1.807, 2.05) is 42.6 Å². The fourth-order valence-electron chi connectivity index (χ4n) is 2.13. The second-order valence-corrected chi connectivity index (χ2v) is 5.41. The Morgan fingerprint density at radius 2 is 2.15 bits per heavy atom. The van der Waals surface area contributed by atoms with Crippen molar-refractivity contribution in [2.24, 2.45) is 0 Å². The molecule has 1 N–H and O–H groups in total. The highest BCUT2D eigenvalue weighted by molar-refractivity contribution is 7.17. The molecule has 2 aromatic heterocycles. The molecular formula is C15H11NO3S. The van der Waals surface area contributed by atoms with Gasteiger partial charge in [-0.25, -0.2) is 9.78 Å². The molecule has 0 aliphatic rings. The number of hydrogen-bond donors (Lipinski definition) is 1. The number of aromatic nitrogens is 1. The normalized spacial score (nSPS) is 10.7.